The summed E-state index contributed by atoms with van der Waals surface area (Å²) < 4.78 is 1.08. The first-order chi connectivity index (χ1) is 7.65. The van der Waals surface area contributed by atoms with Gasteiger partial charge in [-0.3, -0.25) is 4.79 Å². The topological polar surface area (TPSA) is 69.6 Å². The molecule has 0 bridgehead atoms. The molecule has 0 fully saturated rings. The van der Waals surface area contributed by atoms with Crippen LogP contribution >= 0.6 is 22.6 Å². The summed E-state index contributed by atoms with van der Waals surface area (Å²) in [6.45, 7) is 0.628. The predicted octanol–water partition coefficient (Wildman–Crippen LogP) is 2.04. The maximum absolute atomic E-state index is 11.6. The Hall–Kier alpha value is -0.980. The lowest BCUT2D eigenvalue weighted by atomic mass is 10.2. The Morgan fingerprint density at radius 1 is 1.25 bits per heavy atom. The van der Waals surface area contributed by atoms with Crippen molar-refractivity contribution in [3.05, 3.63) is 23.8 Å². The summed E-state index contributed by atoms with van der Waals surface area (Å²) in [5.74, 6) is -0.731. The Bertz CT molecular complexity index is 368. The molecule has 4 nitrogen and oxygen atoms in total. The summed E-state index contributed by atoms with van der Waals surface area (Å²) in [6, 6.07) is 4.03. The maximum Gasteiger partial charge on any atom is 0.251 e. The van der Waals surface area contributed by atoms with Crippen molar-refractivity contribution in [3.63, 3.8) is 0 Å². The van der Waals surface area contributed by atoms with Crippen LogP contribution < -0.4 is 5.32 Å². The van der Waals surface area contributed by atoms with Gasteiger partial charge in [0.05, 0.1) is 0 Å². The largest absolute Gasteiger partial charge is 0.504 e. The number of phenols is 2. The molecule has 0 unspecified atom stereocenters. The number of halogens is 1. The van der Waals surface area contributed by atoms with E-state index in [-0.39, 0.29) is 17.4 Å². The molecule has 0 aromatic heterocycles. The molecule has 1 aromatic rings. The second-order valence-electron chi connectivity index (χ2n) is 3.36. The number of rotatable bonds is 5. The van der Waals surface area contributed by atoms with Crippen LogP contribution in [0, 0.1) is 0 Å². The molecule has 1 aromatic carbocycles. The summed E-state index contributed by atoms with van der Waals surface area (Å²) in [7, 11) is 0. The number of carbonyl (C=O) groups is 1. The van der Waals surface area contributed by atoms with Gasteiger partial charge in [0.15, 0.2) is 11.5 Å². The molecule has 0 saturated carbocycles. The first kappa shape index (κ1) is 13.1. The molecule has 88 valence electrons. The van der Waals surface area contributed by atoms with Gasteiger partial charge in [-0.15, -0.1) is 0 Å². The third-order valence-electron chi connectivity index (χ3n) is 2.08. The molecule has 16 heavy (non-hydrogen) atoms. The summed E-state index contributed by atoms with van der Waals surface area (Å²) in [6.07, 6.45) is 2.01. The number of aromatic hydroxyl groups is 2. The molecule has 0 aliphatic carbocycles. The molecule has 0 saturated heterocycles. The third-order valence-corrected chi connectivity index (χ3v) is 2.85. The number of alkyl halides is 1. The quantitative estimate of drug-likeness (QED) is 0.334. The van der Waals surface area contributed by atoms with Crippen molar-refractivity contribution in [2.24, 2.45) is 0 Å². The molecule has 0 aliphatic rings. The second kappa shape index (κ2) is 6.57. The van der Waals surface area contributed by atoms with Gasteiger partial charge in [-0.1, -0.05) is 22.6 Å². The predicted molar refractivity (Wildman–Crippen MR) is 70.2 cm³/mol. The number of hydrogen-bond acceptors (Lipinski definition) is 3. The first-order valence-electron chi connectivity index (χ1n) is 5.01. The zero-order valence-corrected chi connectivity index (χ0v) is 10.9. The molecule has 1 amide bonds. The number of nitrogens with one attached hydrogen (secondary N) is 1. The van der Waals surface area contributed by atoms with E-state index in [9.17, 15) is 9.90 Å². The molecule has 0 atom stereocenters. The van der Waals surface area contributed by atoms with Gasteiger partial charge >= 0.3 is 0 Å². The molecule has 0 aliphatic heterocycles. The Kier molecular flexibility index (Phi) is 5.37. The fourth-order valence-corrected chi connectivity index (χ4v) is 1.73. The van der Waals surface area contributed by atoms with E-state index in [0.29, 0.717) is 12.1 Å². The second-order valence-corrected chi connectivity index (χ2v) is 4.43. The van der Waals surface area contributed by atoms with Crippen molar-refractivity contribution < 1.29 is 15.0 Å². The number of amides is 1. The van der Waals surface area contributed by atoms with Crippen LogP contribution in [0.5, 0.6) is 11.5 Å². The van der Waals surface area contributed by atoms with Gasteiger partial charge in [-0.2, -0.15) is 0 Å². The zero-order chi connectivity index (χ0) is 12.0. The lowest BCUT2D eigenvalue weighted by Crippen LogP contribution is -2.24. The minimum absolute atomic E-state index is 0.221. The lowest BCUT2D eigenvalue weighted by Gasteiger charge is -2.05. The van der Waals surface area contributed by atoms with Crippen LogP contribution in [-0.2, 0) is 0 Å². The van der Waals surface area contributed by atoms with E-state index in [2.05, 4.69) is 27.9 Å². The van der Waals surface area contributed by atoms with Crippen molar-refractivity contribution in [1.29, 1.82) is 0 Å². The third kappa shape index (κ3) is 3.88. The Balaban J connectivity index is 2.50. The first-order valence-corrected chi connectivity index (χ1v) is 6.54. The van der Waals surface area contributed by atoms with Gasteiger partial charge in [-0.05, 0) is 35.5 Å². The van der Waals surface area contributed by atoms with Crippen molar-refractivity contribution in [2.45, 2.75) is 12.8 Å². The molecule has 3 N–H and O–H groups in total. The number of benzene rings is 1. The van der Waals surface area contributed by atoms with Gasteiger partial charge in [0.2, 0.25) is 0 Å². The fourth-order valence-electron chi connectivity index (χ4n) is 1.19. The van der Waals surface area contributed by atoms with Crippen LogP contribution in [0.1, 0.15) is 23.2 Å². The van der Waals surface area contributed by atoms with Gasteiger partial charge in [0.25, 0.3) is 5.91 Å². The highest BCUT2D eigenvalue weighted by Gasteiger charge is 2.07. The minimum Gasteiger partial charge on any atom is -0.504 e. The standard InChI is InChI=1S/C11H14INO3/c12-5-1-2-6-13-11(16)8-3-4-9(14)10(15)7-8/h3-4,7,14-15H,1-2,5-6H2,(H,13,16). The van der Waals surface area contributed by atoms with Gasteiger partial charge in [0, 0.05) is 12.1 Å². The molecular weight excluding hydrogens is 321 g/mol. The average molecular weight is 335 g/mol. The molecule has 0 heterocycles. The van der Waals surface area contributed by atoms with Crippen LogP contribution in [0.15, 0.2) is 18.2 Å². The molecule has 5 heteroatoms. The number of unbranched alkanes of at least 4 members (excludes halogenated alkanes) is 1. The SMILES string of the molecule is O=C(NCCCCI)c1ccc(O)c(O)c1. The van der Waals surface area contributed by atoms with E-state index in [1.807, 2.05) is 0 Å². The van der Waals surface area contributed by atoms with Gasteiger partial charge in [0.1, 0.15) is 0 Å². The summed E-state index contributed by atoms with van der Waals surface area (Å²) in [5, 5.41) is 21.1. The van der Waals surface area contributed by atoms with E-state index >= 15 is 0 Å². The van der Waals surface area contributed by atoms with Crippen LogP contribution in [0.2, 0.25) is 0 Å². The van der Waals surface area contributed by atoms with Crippen LogP contribution in [0.3, 0.4) is 0 Å². The monoisotopic (exact) mass is 335 g/mol. The highest BCUT2D eigenvalue weighted by molar-refractivity contribution is 14.1. The summed E-state index contributed by atoms with van der Waals surface area (Å²) in [4.78, 5) is 11.6. The smallest absolute Gasteiger partial charge is 0.251 e. The molecule has 0 spiro atoms. The van der Waals surface area contributed by atoms with Crippen molar-refractivity contribution in [1.82, 2.24) is 5.32 Å². The average Bonchev–Trinajstić information content (AvgIpc) is 2.28. The number of carbonyl (C=O) groups excluding carboxylic acids is 1. The number of hydrogen-bond donors (Lipinski definition) is 3. The van der Waals surface area contributed by atoms with Crippen LogP contribution in [-0.4, -0.2) is 27.1 Å². The van der Waals surface area contributed by atoms with E-state index < -0.39 is 0 Å². The molecular formula is C11H14INO3. The van der Waals surface area contributed by atoms with Gasteiger partial charge in [-0.25, -0.2) is 0 Å². The Morgan fingerprint density at radius 2 is 2.00 bits per heavy atom. The Morgan fingerprint density at radius 3 is 2.62 bits per heavy atom. The van der Waals surface area contributed by atoms with E-state index in [1.54, 1.807) is 0 Å². The Labute approximate surface area is 108 Å². The summed E-state index contributed by atoms with van der Waals surface area (Å²) in [5.41, 5.74) is 0.352. The lowest BCUT2D eigenvalue weighted by molar-refractivity contribution is 0.0953. The summed E-state index contributed by atoms with van der Waals surface area (Å²) >= 11 is 2.29. The number of phenolic OH excluding ortho intramolecular Hbond substituents is 2. The van der Waals surface area contributed by atoms with Crippen LogP contribution in [0.25, 0.3) is 0 Å². The highest BCUT2D eigenvalue weighted by atomic mass is 127. The minimum atomic E-state index is -0.278. The van der Waals surface area contributed by atoms with E-state index in [4.69, 9.17) is 5.11 Å². The zero-order valence-electron chi connectivity index (χ0n) is 8.74. The van der Waals surface area contributed by atoms with E-state index in [1.165, 1.54) is 18.2 Å². The van der Waals surface area contributed by atoms with Crippen molar-refractivity contribution in [2.75, 3.05) is 11.0 Å². The maximum atomic E-state index is 11.6. The van der Waals surface area contributed by atoms with Crippen molar-refractivity contribution in [3.8, 4) is 11.5 Å². The van der Waals surface area contributed by atoms with Crippen LogP contribution in [0.4, 0.5) is 0 Å². The van der Waals surface area contributed by atoms with E-state index in [0.717, 1.165) is 17.3 Å². The van der Waals surface area contributed by atoms with Crippen molar-refractivity contribution >= 4 is 28.5 Å². The fraction of sp³-hybridized carbons (Fsp3) is 0.364. The highest BCUT2D eigenvalue weighted by Crippen LogP contribution is 2.24. The molecule has 0 radical (unpaired) electrons. The van der Waals surface area contributed by atoms with Gasteiger partial charge < -0.3 is 15.5 Å². The molecule has 1 rings (SSSR count). The normalized spacial score (nSPS) is 10.1.